The van der Waals surface area contributed by atoms with E-state index in [9.17, 15) is 4.79 Å². The minimum atomic E-state index is -0.319. The summed E-state index contributed by atoms with van der Waals surface area (Å²) in [5, 5.41) is 0. The number of carbonyl (C=O) groups is 1. The van der Waals surface area contributed by atoms with E-state index in [4.69, 9.17) is 9.47 Å². The van der Waals surface area contributed by atoms with Gasteiger partial charge in [-0.1, -0.05) is 18.8 Å². The van der Waals surface area contributed by atoms with E-state index >= 15 is 0 Å². The zero-order chi connectivity index (χ0) is 12.2. The van der Waals surface area contributed by atoms with E-state index in [0.717, 1.165) is 12.8 Å². The second-order valence-corrected chi connectivity index (χ2v) is 3.45. The summed E-state index contributed by atoms with van der Waals surface area (Å²) in [5.41, 5.74) is 0. The van der Waals surface area contributed by atoms with Gasteiger partial charge < -0.3 is 14.2 Å². The number of hydrogen-bond donors (Lipinski definition) is 0. The fraction of sp³-hybridized carbons (Fsp3) is 0.750. The van der Waals surface area contributed by atoms with Crippen LogP contribution in [0.3, 0.4) is 0 Å². The topological polar surface area (TPSA) is 44.8 Å². The minimum Gasteiger partial charge on any atom is -0.464 e. The number of rotatable bonds is 7. The van der Waals surface area contributed by atoms with E-state index < -0.39 is 0 Å². The van der Waals surface area contributed by atoms with Gasteiger partial charge in [0.05, 0.1) is 6.61 Å². The van der Waals surface area contributed by atoms with E-state index in [-0.39, 0.29) is 12.6 Å². The number of carbonyl (C=O) groups excluding carboxylic acids is 1. The molecule has 92 valence electrons. The molecule has 0 aromatic heterocycles. The highest BCUT2D eigenvalue weighted by atomic mass is 16.6. The van der Waals surface area contributed by atoms with Crippen LogP contribution in [-0.2, 0) is 19.0 Å². The number of methoxy groups -OCH3 is 2. The van der Waals surface area contributed by atoms with Crippen LogP contribution in [0.25, 0.3) is 0 Å². The van der Waals surface area contributed by atoms with Crippen molar-refractivity contribution in [1.29, 1.82) is 0 Å². The van der Waals surface area contributed by atoms with Crippen LogP contribution in [0.4, 0.5) is 0 Å². The lowest BCUT2D eigenvalue weighted by Crippen LogP contribution is -2.12. The molecule has 0 aromatic carbocycles. The highest BCUT2D eigenvalue weighted by Crippen LogP contribution is 2.03. The van der Waals surface area contributed by atoms with Gasteiger partial charge in [0.25, 0.3) is 0 Å². The molecular weight excluding hydrogens is 208 g/mol. The quantitative estimate of drug-likeness (QED) is 0.373. The second-order valence-electron chi connectivity index (χ2n) is 3.45. The predicted octanol–water partition coefficient (Wildman–Crippen LogP) is 1.24. The molecular formula is C12H20O4. The summed E-state index contributed by atoms with van der Waals surface area (Å²) in [6.45, 7) is 2.95. The first-order valence-corrected chi connectivity index (χ1v) is 5.32. The highest BCUT2D eigenvalue weighted by molar-refractivity contribution is 5.70. The van der Waals surface area contributed by atoms with E-state index in [1.54, 1.807) is 7.11 Å². The Hall–Kier alpha value is -1.05. The molecule has 1 unspecified atom stereocenters. The van der Waals surface area contributed by atoms with Crippen molar-refractivity contribution in [3.05, 3.63) is 0 Å². The Bertz CT molecular complexity index is 239. The molecule has 0 heterocycles. The van der Waals surface area contributed by atoms with Crippen molar-refractivity contribution in [2.24, 2.45) is 5.92 Å². The van der Waals surface area contributed by atoms with Crippen molar-refractivity contribution in [2.45, 2.75) is 19.8 Å². The molecule has 0 rings (SSSR count). The van der Waals surface area contributed by atoms with Crippen LogP contribution >= 0.6 is 0 Å². The lowest BCUT2D eigenvalue weighted by Gasteiger charge is -2.05. The molecule has 0 spiro atoms. The van der Waals surface area contributed by atoms with E-state index in [2.05, 4.69) is 16.6 Å². The van der Waals surface area contributed by atoms with Crippen LogP contribution in [0.2, 0.25) is 0 Å². The molecule has 0 aliphatic carbocycles. The maximum absolute atomic E-state index is 10.9. The Kier molecular flexibility index (Phi) is 9.78. The lowest BCUT2D eigenvalue weighted by molar-refractivity contribution is -0.148. The fourth-order valence-corrected chi connectivity index (χ4v) is 1.10. The largest absolute Gasteiger partial charge is 0.464 e. The highest BCUT2D eigenvalue weighted by Gasteiger charge is 2.02. The Morgan fingerprint density at radius 1 is 1.31 bits per heavy atom. The van der Waals surface area contributed by atoms with Gasteiger partial charge in [-0.15, -0.1) is 0 Å². The summed E-state index contributed by atoms with van der Waals surface area (Å²) in [7, 11) is 3.09. The SMILES string of the molecule is COCC#CC(C)CCCOC(=O)COC. The summed E-state index contributed by atoms with van der Waals surface area (Å²) in [4.78, 5) is 10.9. The van der Waals surface area contributed by atoms with Gasteiger partial charge in [-0.05, 0) is 12.8 Å². The van der Waals surface area contributed by atoms with Crippen molar-refractivity contribution in [3.8, 4) is 11.8 Å². The molecule has 4 nitrogen and oxygen atoms in total. The Balaban J connectivity index is 3.45. The molecule has 0 N–H and O–H groups in total. The normalized spacial score (nSPS) is 11.4. The van der Waals surface area contributed by atoms with Gasteiger partial charge in [-0.3, -0.25) is 0 Å². The fourth-order valence-electron chi connectivity index (χ4n) is 1.10. The number of hydrogen-bond acceptors (Lipinski definition) is 4. The van der Waals surface area contributed by atoms with E-state index in [1.165, 1.54) is 7.11 Å². The molecule has 0 radical (unpaired) electrons. The predicted molar refractivity (Wildman–Crippen MR) is 60.9 cm³/mol. The first-order valence-electron chi connectivity index (χ1n) is 5.32. The van der Waals surface area contributed by atoms with E-state index in [0.29, 0.717) is 19.1 Å². The van der Waals surface area contributed by atoms with Gasteiger partial charge >= 0.3 is 5.97 Å². The van der Waals surface area contributed by atoms with Crippen LogP contribution in [0, 0.1) is 17.8 Å². The van der Waals surface area contributed by atoms with Gasteiger partial charge in [-0.25, -0.2) is 4.79 Å². The molecule has 1 atom stereocenters. The van der Waals surface area contributed by atoms with Crippen molar-refractivity contribution in [3.63, 3.8) is 0 Å². The monoisotopic (exact) mass is 228 g/mol. The number of esters is 1. The molecule has 0 aliphatic heterocycles. The minimum absolute atomic E-state index is 0.0171. The third kappa shape index (κ3) is 9.50. The Morgan fingerprint density at radius 2 is 2.06 bits per heavy atom. The molecule has 0 fully saturated rings. The summed E-state index contributed by atoms with van der Waals surface area (Å²) in [6, 6.07) is 0. The van der Waals surface area contributed by atoms with Crippen LogP contribution in [-0.4, -0.2) is 40.0 Å². The number of ether oxygens (including phenoxy) is 3. The van der Waals surface area contributed by atoms with Crippen molar-refractivity contribution in [2.75, 3.05) is 34.0 Å². The van der Waals surface area contributed by atoms with E-state index in [1.807, 2.05) is 6.92 Å². The first-order chi connectivity index (χ1) is 7.70. The van der Waals surface area contributed by atoms with Crippen LogP contribution < -0.4 is 0 Å². The second kappa shape index (κ2) is 10.5. The average Bonchev–Trinajstić information content (AvgIpc) is 2.25. The lowest BCUT2D eigenvalue weighted by atomic mass is 10.1. The van der Waals surface area contributed by atoms with Crippen molar-refractivity contribution < 1.29 is 19.0 Å². The third-order valence-corrected chi connectivity index (χ3v) is 1.87. The molecule has 0 aliphatic rings. The molecule has 16 heavy (non-hydrogen) atoms. The maximum atomic E-state index is 10.9. The van der Waals surface area contributed by atoms with Gasteiger partial charge in [-0.2, -0.15) is 0 Å². The maximum Gasteiger partial charge on any atom is 0.332 e. The summed E-state index contributed by atoms with van der Waals surface area (Å²) in [5.74, 6) is 5.94. The standard InChI is InChI=1S/C12H20O4/c1-11(6-4-8-14-2)7-5-9-16-12(13)10-15-3/h11H,5,7-10H2,1-3H3. The molecule has 0 amide bonds. The Morgan fingerprint density at radius 3 is 2.69 bits per heavy atom. The van der Waals surface area contributed by atoms with Crippen molar-refractivity contribution in [1.82, 2.24) is 0 Å². The van der Waals surface area contributed by atoms with Gasteiger partial charge in [0, 0.05) is 20.1 Å². The van der Waals surface area contributed by atoms with Crippen LogP contribution in [0.15, 0.2) is 0 Å². The van der Waals surface area contributed by atoms with Gasteiger partial charge in [0.1, 0.15) is 13.2 Å². The summed E-state index contributed by atoms with van der Waals surface area (Å²) >= 11 is 0. The molecule has 0 saturated heterocycles. The summed E-state index contributed by atoms with van der Waals surface area (Å²) < 4.78 is 14.4. The molecule has 0 aromatic rings. The van der Waals surface area contributed by atoms with Gasteiger partial charge in [0.15, 0.2) is 0 Å². The molecule has 4 heteroatoms. The van der Waals surface area contributed by atoms with Crippen molar-refractivity contribution >= 4 is 5.97 Å². The smallest absolute Gasteiger partial charge is 0.332 e. The zero-order valence-electron chi connectivity index (χ0n) is 10.2. The summed E-state index contributed by atoms with van der Waals surface area (Å²) in [6.07, 6.45) is 1.73. The molecule has 0 bridgehead atoms. The average molecular weight is 228 g/mol. The van der Waals surface area contributed by atoms with Crippen LogP contribution in [0.1, 0.15) is 19.8 Å². The van der Waals surface area contributed by atoms with Gasteiger partial charge in [0.2, 0.25) is 0 Å². The molecule has 0 saturated carbocycles. The zero-order valence-corrected chi connectivity index (χ0v) is 10.2. The first kappa shape index (κ1) is 14.9. The third-order valence-electron chi connectivity index (χ3n) is 1.87. The van der Waals surface area contributed by atoms with Crippen LogP contribution in [0.5, 0.6) is 0 Å². The Labute approximate surface area is 97.3 Å².